The highest BCUT2D eigenvalue weighted by Gasteiger charge is 2.42. The molecule has 6 nitrogen and oxygen atoms in total. The van der Waals surface area contributed by atoms with E-state index in [2.05, 4.69) is 10.6 Å². The summed E-state index contributed by atoms with van der Waals surface area (Å²) in [7, 11) is 0. The van der Waals surface area contributed by atoms with Crippen molar-refractivity contribution in [2.24, 2.45) is 4.99 Å². The number of benzene rings is 2. The SMILES string of the molecule is Cc1ccc(C2=NC3(CCN(CC(=O)Nc4ccccc4F)CC3)NC2=O)cc1C. The number of aliphatic imine (C=N–C) groups is 1. The minimum absolute atomic E-state index is 0.149. The summed E-state index contributed by atoms with van der Waals surface area (Å²) in [5.74, 6) is -0.861. The summed E-state index contributed by atoms with van der Waals surface area (Å²) in [4.78, 5) is 31.6. The molecule has 30 heavy (non-hydrogen) atoms. The molecule has 0 aromatic heterocycles. The van der Waals surface area contributed by atoms with E-state index in [4.69, 9.17) is 4.99 Å². The first kappa shape index (κ1) is 20.2. The third kappa shape index (κ3) is 4.11. The van der Waals surface area contributed by atoms with Gasteiger partial charge in [-0.3, -0.25) is 19.5 Å². The number of rotatable bonds is 4. The summed E-state index contributed by atoms with van der Waals surface area (Å²) in [6.45, 7) is 5.47. The molecule has 4 rings (SSSR count). The van der Waals surface area contributed by atoms with Gasteiger partial charge in [-0.15, -0.1) is 0 Å². The van der Waals surface area contributed by atoms with Crippen LogP contribution in [0.3, 0.4) is 0 Å². The second kappa shape index (κ2) is 7.99. The average Bonchev–Trinajstić information content (AvgIpc) is 3.04. The Morgan fingerprint density at radius 2 is 1.90 bits per heavy atom. The van der Waals surface area contributed by atoms with Crippen LogP contribution in [0.15, 0.2) is 47.5 Å². The summed E-state index contributed by atoms with van der Waals surface area (Å²) in [5, 5.41) is 5.66. The Morgan fingerprint density at radius 3 is 2.60 bits per heavy atom. The first-order valence-electron chi connectivity index (χ1n) is 10.1. The molecule has 0 bridgehead atoms. The normalized spacial score (nSPS) is 18.2. The van der Waals surface area contributed by atoms with E-state index in [1.165, 1.54) is 17.7 Å². The van der Waals surface area contributed by atoms with E-state index < -0.39 is 11.5 Å². The second-order valence-corrected chi connectivity index (χ2v) is 8.05. The van der Waals surface area contributed by atoms with Crippen LogP contribution in [-0.4, -0.2) is 47.7 Å². The van der Waals surface area contributed by atoms with Crippen LogP contribution in [0.25, 0.3) is 0 Å². The van der Waals surface area contributed by atoms with E-state index in [-0.39, 0.29) is 24.0 Å². The van der Waals surface area contributed by atoms with Crippen LogP contribution in [0, 0.1) is 19.7 Å². The van der Waals surface area contributed by atoms with E-state index in [1.807, 2.05) is 36.9 Å². The number of hydrogen-bond donors (Lipinski definition) is 2. The van der Waals surface area contributed by atoms with Crippen molar-refractivity contribution in [3.05, 3.63) is 65.0 Å². The van der Waals surface area contributed by atoms with Gasteiger partial charge in [0.2, 0.25) is 5.91 Å². The number of hydrogen-bond acceptors (Lipinski definition) is 4. The molecule has 2 amide bonds. The van der Waals surface area contributed by atoms with Crippen LogP contribution in [0.2, 0.25) is 0 Å². The van der Waals surface area contributed by atoms with Crippen molar-refractivity contribution in [2.75, 3.05) is 25.0 Å². The van der Waals surface area contributed by atoms with E-state index in [1.54, 1.807) is 12.1 Å². The quantitative estimate of drug-likeness (QED) is 0.817. The predicted molar refractivity (Wildman–Crippen MR) is 114 cm³/mol. The van der Waals surface area contributed by atoms with Crippen LogP contribution in [-0.2, 0) is 9.59 Å². The zero-order valence-electron chi connectivity index (χ0n) is 17.2. The number of carbonyl (C=O) groups excluding carboxylic acids is 2. The van der Waals surface area contributed by atoms with Gasteiger partial charge in [0, 0.05) is 31.5 Å². The molecule has 1 spiro atoms. The number of nitrogens with one attached hydrogen (secondary N) is 2. The van der Waals surface area contributed by atoms with Gasteiger partial charge in [-0.2, -0.15) is 0 Å². The van der Waals surface area contributed by atoms with Crippen LogP contribution in [0.4, 0.5) is 10.1 Å². The average molecular weight is 408 g/mol. The third-order valence-electron chi connectivity index (χ3n) is 5.87. The van der Waals surface area contributed by atoms with Crippen molar-refractivity contribution in [1.82, 2.24) is 10.2 Å². The van der Waals surface area contributed by atoms with Gasteiger partial charge in [-0.05, 0) is 43.2 Å². The highest BCUT2D eigenvalue weighted by molar-refractivity contribution is 6.46. The van der Waals surface area contributed by atoms with E-state index in [9.17, 15) is 14.0 Å². The molecule has 2 aliphatic heterocycles. The molecule has 156 valence electrons. The number of halogens is 1. The highest BCUT2D eigenvalue weighted by atomic mass is 19.1. The van der Waals surface area contributed by atoms with Gasteiger partial charge >= 0.3 is 0 Å². The fraction of sp³-hybridized carbons (Fsp3) is 0.348. The Balaban J connectivity index is 1.38. The molecule has 2 aliphatic rings. The molecule has 7 heteroatoms. The Morgan fingerprint density at radius 1 is 1.17 bits per heavy atom. The molecule has 1 saturated heterocycles. The zero-order valence-corrected chi connectivity index (χ0v) is 17.2. The number of carbonyl (C=O) groups is 2. The summed E-state index contributed by atoms with van der Waals surface area (Å²) in [6, 6.07) is 12.0. The summed E-state index contributed by atoms with van der Waals surface area (Å²) in [5.41, 5.74) is 3.18. The highest BCUT2D eigenvalue weighted by Crippen LogP contribution is 2.29. The Hall–Kier alpha value is -3.06. The number of para-hydroxylation sites is 1. The van der Waals surface area contributed by atoms with Crippen molar-refractivity contribution in [2.45, 2.75) is 32.4 Å². The van der Waals surface area contributed by atoms with Gasteiger partial charge in [0.1, 0.15) is 17.2 Å². The first-order chi connectivity index (χ1) is 14.3. The molecule has 2 aromatic rings. The zero-order chi connectivity index (χ0) is 21.3. The van der Waals surface area contributed by atoms with Gasteiger partial charge in [0.05, 0.1) is 12.2 Å². The maximum Gasteiger partial charge on any atom is 0.272 e. The van der Waals surface area contributed by atoms with Crippen molar-refractivity contribution < 1.29 is 14.0 Å². The lowest BCUT2D eigenvalue weighted by Crippen LogP contribution is -2.52. The Bertz CT molecular complexity index is 1030. The van der Waals surface area contributed by atoms with Gasteiger partial charge in [-0.1, -0.05) is 24.3 Å². The van der Waals surface area contributed by atoms with Crippen molar-refractivity contribution in [3.63, 3.8) is 0 Å². The predicted octanol–water partition coefficient (Wildman–Crippen LogP) is 2.79. The van der Waals surface area contributed by atoms with Crippen molar-refractivity contribution in [3.8, 4) is 0 Å². The van der Waals surface area contributed by atoms with Gasteiger partial charge in [0.25, 0.3) is 5.91 Å². The molecule has 0 aliphatic carbocycles. The molecule has 1 fully saturated rings. The van der Waals surface area contributed by atoms with Crippen molar-refractivity contribution >= 4 is 23.2 Å². The van der Waals surface area contributed by atoms with Crippen LogP contribution < -0.4 is 10.6 Å². The van der Waals surface area contributed by atoms with E-state index in [0.29, 0.717) is 31.6 Å². The fourth-order valence-electron chi connectivity index (χ4n) is 3.92. The molecule has 2 aromatic carbocycles. The largest absolute Gasteiger partial charge is 0.326 e. The molecular weight excluding hydrogens is 383 g/mol. The minimum Gasteiger partial charge on any atom is -0.326 e. The molecule has 0 radical (unpaired) electrons. The Labute approximate surface area is 175 Å². The van der Waals surface area contributed by atoms with E-state index >= 15 is 0 Å². The molecular formula is C23H25FN4O2. The van der Waals surface area contributed by atoms with Gasteiger partial charge < -0.3 is 10.6 Å². The molecule has 2 heterocycles. The summed E-state index contributed by atoms with van der Waals surface area (Å²) < 4.78 is 13.7. The lowest BCUT2D eigenvalue weighted by molar-refractivity contribution is -0.119. The smallest absolute Gasteiger partial charge is 0.272 e. The Kier molecular flexibility index (Phi) is 5.39. The summed E-state index contributed by atoms with van der Waals surface area (Å²) in [6.07, 6.45) is 1.25. The van der Waals surface area contributed by atoms with Gasteiger partial charge in [0.15, 0.2) is 0 Å². The maximum absolute atomic E-state index is 13.7. The number of likely N-dealkylation sites (tertiary alicyclic amines) is 1. The maximum atomic E-state index is 13.7. The lowest BCUT2D eigenvalue weighted by atomic mass is 9.98. The third-order valence-corrected chi connectivity index (χ3v) is 5.87. The second-order valence-electron chi connectivity index (χ2n) is 8.05. The molecule has 0 saturated carbocycles. The van der Waals surface area contributed by atoms with Crippen molar-refractivity contribution in [1.29, 1.82) is 0 Å². The minimum atomic E-state index is -0.607. The number of piperidine rings is 1. The lowest BCUT2D eigenvalue weighted by Gasteiger charge is -2.36. The summed E-state index contributed by atoms with van der Waals surface area (Å²) >= 11 is 0. The topological polar surface area (TPSA) is 73.8 Å². The standard InChI is InChI=1S/C23H25FN4O2/c1-15-7-8-17(13-16(15)2)21-22(30)27-23(26-21)9-11-28(12-10-23)14-20(29)25-19-6-4-3-5-18(19)24/h3-8,13H,9-12,14H2,1-2H3,(H,25,29)(H,27,30). The molecule has 2 N–H and O–H groups in total. The van der Waals surface area contributed by atoms with Gasteiger partial charge in [-0.25, -0.2) is 4.39 Å². The number of nitrogens with zero attached hydrogens (tertiary/aromatic N) is 2. The van der Waals surface area contributed by atoms with Crippen LogP contribution in [0.1, 0.15) is 29.5 Å². The van der Waals surface area contributed by atoms with Crippen LogP contribution >= 0.6 is 0 Å². The first-order valence-corrected chi connectivity index (χ1v) is 10.1. The number of aryl methyl sites for hydroxylation is 2. The van der Waals surface area contributed by atoms with E-state index in [0.717, 1.165) is 11.1 Å². The fourth-order valence-corrected chi connectivity index (χ4v) is 3.92. The number of amides is 2. The van der Waals surface area contributed by atoms with Crippen LogP contribution in [0.5, 0.6) is 0 Å². The molecule has 0 atom stereocenters. The number of anilines is 1. The monoisotopic (exact) mass is 408 g/mol. The molecule has 0 unspecified atom stereocenters.